The molecule has 1 aromatic rings. The van der Waals surface area contributed by atoms with Crippen LogP contribution in [-0.2, 0) is 19.1 Å². The van der Waals surface area contributed by atoms with Crippen LogP contribution in [0.4, 0.5) is 10.5 Å². The van der Waals surface area contributed by atoms with Gasteiger partial charge in [-0.25, -0.2) is 4.79 Å². The maximum Gasteiger partial charge on any atom is 0.327 e. The van der Waals surface area contributed by atoms with Gasteiger partial charge in [0.05, 0.1) is 10.7 Å². The van der Waals surface area contributed by atoms with Crippen LogP contribution in [0.25, 0.3) is 0 Å². The third kappa shape index (κ3) is 5.69. The molecule has 0 aromatic heterocycles. The van der Waals surface area contributed by atoms with Crippen molar-refractivity contribution in [2.24, 2.45) is 5.92 Å². The van der Waals surface area contributed by atoms with E-state index in [0.717, 1.165) is 11.3 Å². The second-order valence-corrected chi connectivity index (χ2v) is 8.09. The Morgan fingerprint density at radius 3 is 2.52 bits per heavy atom. The van der Waals surface area contributed by atoms with Crippen molar-refractivity contribution in [2.75, 3.05) is 11.9 Å². The zero-order valence-corrected chi connectivity index (χ0v) is 17.7. The molecule has 1 fully saturated rings. The lowest BCUT2D eigenvalue weighted by Gasteiger charge is -2.22. The van der Waals surface area contributed by atoms with Crippen LogP contribution >= 0.6 is 11.6 Å². The molecule has 1 heterocycles. The number of rotatable bonds is 8. The van der Waals surface area contributed by atoms with E-state index in [0.29, 0.717) is 23.0 Å². The number of halogens is 1. The predicted molar refractivity (Wildman–Crippen MR) is 108 cm³/mol. The van der Waals surface area contributed by atoms with Crippen molar-refractivity contribution in [1.29, 1.82) is 0 Å². The molecule has 0 bridgehead atoms. The molecule has 9 heteroatoms. The minimum atomic E-state index is -1.13. The molecule has 2 N–H and O–H groups in total. The van der Waals surface area contributed by atoms with Crippen molar-refractivity contribution in [3.8, 4) is 0 Å². The summed E-state index contributed by atoms with van der Waals surface area (Å²) >= 11 is 5.98. The monoisotopic (exact) mass is 423 g/mol. The minimum absolute atomic E-state index is 0.347. The van der Waals surface area contributed by atoms with Crippen molar-refractivity contribution < 1.29 is 23.9 Å². The molecule has 1 aliphatic rings. The molecule has 1 aliphatic heterocycles. The first kappa shape index (κ1) is 22.7. The van der Waals surface area contributed by atoms with E-state index in [1.807, 2.05) is 13.8 Å². The van der Waals surface area contributed by atoms with Gasteiger partial charge in [-0.2, -0.15) is 0 Å². The summed E-state index contributed by atoms with van der Waals surface area (Å²) in [5.41, 5.74) is -0.661. The number of carbonyl (C=O) groups is 4. The molecular weight excluding hydrogens is 398 g/mol. The number of amides is 4. The van der Waals surface area contributed by atoms with Crippen molar-refractivity contribution >= 4 is 41.1 Å². The molecule has 1 saturated heterocycles. The molecule has 2 atom stereocenters. The van der Waals surface area contributed by atoms with Crippen molar-refractivity contribution in [3.63, 3.8) is 0 Å². The number of benzene rings is 1. The van der Waals surface area contributed by atoms with Crippen LogP contribution < -0.4 is 10.6 Å². The van der Waals surface area contributed by atoms with Gasteiger partial charge in [0.25, 0.3) is 11.8 Å². The SMILES string of the molecule is CC(C)CC[C@]1(C)NC(=O)N(CC(=O)O[C@@H](C)C(=O)Nc2ccccc2Cl)C1=O. The Bertz CT molecular complexity index is 813. The molecule has 0 unspecified atom stereocenters. The second-order valence-electron chi connectivity index (χ2n) is 7.69. The summed E-state index contributed by atoms with van der Waals surface area (Å²) in [5, 5.41) is 5.55. The molecular formula is C20H26ClN3O5. The van der Waals surface area contributed by atoms with Crippen molar-refractivity contribution in [3.05, 3.63) is 29.3 Å². The third-order valence-electron chi connectivity index (χ3n) is 4.66. The first-order valence-electron chi connectivity index (χ1n) is 9.42. The molecule has 0 aliphatic carbocycles. The highest BCUT2D eigenvalue weighted by Crippen LogP contribution is 2.25. The number of para-hydroxylation sites is 1. The lowest BCUT2D eigenvalue weighted by Crippen LogP contribution is -2.44. The van der Waals surface area contributed by atoms with E-state index in [1.165, 1.54) is 6.92 Å². The van der Waals surface area contributed by atoms with Crippen molar-refractivity contribution in [2.45, 2.75) is 52.2 Å². The van der Waals surface area contributed by atoms with Crippen LogP contribution in [0.5, 0.6) is 0 Å². The van der Waals surface area contributed by atoms with Crippen molar-refractivity contribution in [1.82, 2.24) is 10.2 Å². The Labute approximate surface area is 174 Å². The van der Waals surface area contributed by atoms with Crippen LogP contribution in [0.3, 0.4) is 0 Å². The first-order valence-corrected chi connectivity index (χ1v) is 9.80. The molecule has 0 radical (unpaired) electrons. The number of imide groups is 1. The molecule has 29 heavy (non-hydrogen) atoms. The number of anilines is 1. The summed E-state index contributed by atoms with van der Waals surface area (Å²) in [4.78, 5) is 50.0. The van der Waals surface area contributed by atoms with Gasteiger partial charge in [-0.05, 0) is 44.7 Å². The fraction of sp³-hybridized carbons (Fsp3) is 0.500. The van der Waals surface area contributed by atoms with Gasteiger partial charge in [-0.1, -0.05) is 37.6 Å². The van der Waals surface area contributed by atoms with Gasteiger partial charge in [0.15, 0.2) is 6.10 Å². The fourth-order valence-corrected chi connectivity index (χ4v) is 3.03. The van der Waals surface area contributed by atoms with E-state index in [-0.39, 0.29) is 0 Å². The standard InChI is InChI=1S/C20H26ClN3O5/c1-12(2)9-10-20(4)18(27)24(19(28)23-20)11-16(25)29-13(3)17(26)22-15-8-6-5-7-14(15)21/h5-8,12-13H,9-11H2,1-4H3,(H,22,26)(H,23,28)/t13-,20-/m0/s1. The molecule has 1 aromatic carbocycles. The number of nitrogens with one attached hydrogen (secondary N) is 2. The maximum absolute atomic E-state index is 12.6. The molecule has 0 spiro atoms. The van der Waals surface area contributed by atoms with E-state index in [1.54, 1.807) is 31.2 Å². The Morgan fingerprint density at radius 1 is 1.24 bits per heavy atom. The predicted octanol–water partition coefficient (Wildman–Crippen LogP) is 2.96. The quantitative estimate of drug-likeness (QED) is 0.494. The summed E-state index contributed by atoms with van der Waals surface area (Å²) in [6.45, 7) is 6.51. The normalized spacial score (nSPS) is 19.9. The summed E-state index contributed by atoms with van der Waals surface area (Å²) in [6.07, 6.45) is 0.0872. The topological polar surface area (TPSA) is 105 Å². The largest absolute Gasteiger partial charge is 0.451 e. The zero-order chi connectivity index (χ0) is 21.8. The Kier molecular flexibility index (Phi) is 7.24. The lowest BCUT2D eigenvalue weighted by molar-refractivity contribution is -0.155. The Balaban J connectivity index is 1.92. The van der Waals surface area contributed by atoms with Crippen LogP contribution in [-0.4, -0.2) is 46.9 Å². The number of ether oxygens (including phenoxy) is 1. The van der Waals surface area contributed by atoms with Crippen LogP contribution in [0, 0.1) is 5.92 Å². The summed E-state index contributed by atoms with van der Waals surface area (Å²) in [5.74, 6) is -1.55. The Hall–Kier alpha value is -2.61. The average molecular weight is 424 g/mol. The number of urea groups is 1. The maximum atomic E-state index is 12.6. The molecule has 8 nitrogen and oxygen atoms in total. The van der Waals surface area contributed by atoms with Gasteiger partial charge in [0.2, 0.25) is 0 Å². The van der Waals surface area contributed by atoms with E-state index in [9.17, 15) is 19.2 Å². The van der Waals surface area contributed by atoms with Gasteiger partial charge in [0, 0.05) is 0 Å². The van der Waals surface area contributed by atoms with Crippen LogP contribution in [0.2, 0.25) is 5.02 Å². The second kappa shape index (κ2) is 9.26. The molecule has 4 amide bonds. The molecule has 2 rings (SSSR count). The fourth-order valence-electron chi connectivity index (χ4n) is 2.85. The number of nitrogens with zero attached hydrogens (tertiary/aromatic N) is 1. The Morgan fingerprint density at radius 2 is 1.90 bits per heavy atom. The van der Waals surface area contributed by atoms with E-state index in [4.69, 9.17) is 16.3 Å². The van der Waals surface area contributed by atoms with Gasteiger partial charge in [-0.3, -0.25) is 19.3 Å². The lowest BCUT2D eigenvalue weighted by atomic mass is 9.92. The summed E-state index contributed by atoms with van der Waals surface area (Å²) in [6, 6.07) is 5.99. The highest BCUT2D eigenvalue weighted by molar-refractivity contribution is 6.33. The van der Waals surface area contributed by atoms with E-state index in [2.05, 4.69) is 10.6 Å². The summed E-state index contributed by atoms with van der Waals surface area (Å²) in [7, 11) is 0. The van der Waals surface area contributed by atoms with Gasteiger partial charge in [-0.15, -0.1) is 0 Å². The zero-order valence-electron chi connectivity index (χ0n) is 17.0. The van der Waals surface area contributed by atoms with Crippen LogP contribution in [0.15, 0.2) is 24.3 Å². The van der Waals surface area contributed by atoms with E-state index >= 15 is 0 Å². The van der Waals surface area contributed by atoms with Gasteiger partial charge >= 0.3 is 12.0 Å². The number of esters is 1. The first-order chi connectivity index (χ1) is 13.5. The van der Waals surface area contributed by atoms with Gasteiger partial charge < -0.3 is 15.4 Å². The average Bonchev–Trinajstić information content (AvgIpc) is 2.85. The number of carbonyl (C=O) groups excluding carboxylic acids is 4. The number of hydrogen-bond acceptors (Lipinski definition) is 5. The molecule has 158 valence electrons. The smallest absolute Gasteiger partial charge is 0.327 e. The highest BCUT2D eigenvalue weighted by atomic mass is 35.5. The van der Waals surface area contributed by atoms with Gasteiger partial charge in [0.1, 0.15) is 12.1 Å². The number of hydrogen-bond donors (Lipinski definition) is 2. The summed E-state index contributed by atoms with van der Waals surface area (Å²) < 4.78 is 5.08. The van der Waals surface area contributed by atoms with E-state index < -0.39 is 42.0 Å². The van der Waals surface area contributed by atoms with Crippen LogP contribution in [0.1, 0.15) is 40.5 Å². The minimum Gasteiger partial charge on any atom is -0.451 e. The highest BCUT2D eigenvalue weighted by Gasteiger charge is 2.48. The molecule has 0 saturated carbocycles. The third-order valence-corrected chi connectivity index (χ3v) is 4.99.